The van der Waals surface area contributed by atoms with E-state index in [1.807, 2.05) is 16.8 Å². The van der Waals surface area contributed by atoms with Crippen molar-refractivity contribution in [2.24, 2.45) is 0 Å². The van der Waals surface area contributed by atoms with Gasteiger partial charge in [0.05, 0.1) is 11.3 Å². The van der Waals surface area contributed by atoms with Crippen LogP contribution in [0.5, 0.6) is 0 Å². The van der Waals surface area contributed by atoms with E-state index in [1.54, 1.807) is 24.7 Å². The van der Waals surface area contributed by atoms with Crippen LogP contribution in [0.4, 0.5) is 11.4 Å². The van der Waals surface area contributed by atoms with Gasteiger partial charge >= 0.3 is 5.69 Å². The Hall–Kier alpha value is -2.88. The van der Waals surface area contributed by atoms with Gasteiger partial charge < -0.3 is 9.88 Å². The highest BCUT2D eigenvalue weighted by Gasteiger charge is 2.18. The van der Waals surface area contributed by atoms with Gasteiger partial charge in [-0.25, -0.2) is 4.98 Å². The van der Waals surface area contributed by atoms with Crippen molar-refractivity contribution < 1.29 is 4.92 Å². The summed E-state index contributed by atoms with van der Waals surface area (Å²) in [6, 6.07) is 6.46. The smallest absolute Gasteiger partial charge is 0.309 e. The lowest BCUT2D eigenvalue weighted by Gasteiger charge is -2.08. The van der Waals surface area contributed by atoms with E-state index in [0.29, 0.717) is 18.8 Å². The van der Waals surface area contributed by atoms with E-state index < -0.39 is 4.92 Å². The number of nitro groups is 1. The van der Waals surface area contributed by atoms with E-state index in [4.69, 9.17) is 5.26 Å². The Balaban J connectivity index is 2.12. The Labute approximate surface area is 109 Å². The maximum Gasteiger partial charge on any atom is 0.309 e. The zero-order chi connectivity index (χ0) is 13.7. The first kappa shape index (κ1) is 12.6. The molecule has 0 unspecified atom stereocenters. The summed E-state index contributed by atoms with van der Waals surface area (Å²) in [6.07, 6.45) is 5.14. The van der Waals surface area contributed by atoms with E-state index in [9.17, 15) is 10.1 Å². The van der Waals surface area contributed by atoms with Crippen molar-refractivity contribution in [3.8, 4) is 6.07 Å². The summed E-state index contributed by atoms with van der Waals surface area (Å²) in [5.74, 6) is 0. The van der Waals surface area contributed by atoms with Gasteiger partial charge in [0.2, 0.25) is 0 Å². The molecule has 0 aliphatic heterocycles. The number of anilines is 1. The fourth-order valence-electron chi connectivity index (χ4n) is 1.71. The third-order valence-electron chi connectivity index (χ3n) is 2.58. The minimum atomic E-state index is -0.544. The summed E-state index contributed by atoms with van der Waals surface area (Å²) < 4.78 is 1.85. The van der Waals surface area contributed by atoms with Gasteiger partial charge in [0.1, 0.15) is 17.3 Å². The number of nitro benzene ring substituents is 1. The summed E-state index contributed by atoms with van der Waals surface area (Å²) in [5.41, 5.74) is 0.220. The minimum absolute atomic E-state index is 0.0534. The van der Waals surface area contributed by atoms with Gasteiger partial charge in [-0.2, -0.15) is 5.26 Å². The van der Waals surface area contributed by atoms with E-state index in [2.05, 4.69) is 10.3 Å². The largest absolute Gasteiger partial charge is 0.378 e. The van der Waals surface area contributed by atoms with E-state index >= 15 is 0 Å². The van der Waals surface area contributed by atoms with Crippen molar-refractivity contribution in [2.45, 2.75) is 6.54 Å². The molecule has 0 radical (unpaired) electrons. The third-order valence-corrected chi connectivity index (χ3v) is 2.58. The number of hydrogen-bond acceptors (Lipinski definition) is 5. The number of hydrogen-bond donors (Lipinski definition) is 1. The van der Waals surface area contributed by atoms with E-state index in [1.165, 1.54) is 6.07 Å². The van der Waals surface area contributed by atoms with Crippen molar-refractivity contribution in [2.75, 3.05) is 11.9 Å². The molecule has 96 valence electrons. The molecule has 0 atom stereocenters. The highest BCUT2D eigenvalue weighted by molar-refractivity contribution is 5.68. The number of aromatic nitrogens is 2. The first-order chi connectivity index (χ1) is 9.22. The first-order valence-corrected chi connectivity index (χ1v) is 5.59. The van der Waals surface area contributed by atoms with Crippen LogP contribution in [0.1, 0.15) is 5.56 Å². The van der Waals surface area contributed by atoms with Crippen molar-refractivity contribution in [1.82, 2.24) is 9.55 Å². The maximum absolute atomic E-state index is 11.0. The normalized spacial score (nSPS) is 9.84. The molecule has 1 heterocycles. The number of imidazole rings is 1. The molecule has 0 fully saturated rings. The zero-order valence-electron chi connectivity index (χ0n) is 9.98. The topological polar surface area (TPSA) is 96.8 Å². The first-order valence-electron chi connectivity index (χ1n) is 5.59. The SMILES string of the molecule is N#Cc1cccc(NCCn2ccnc2)c1[N+](=O)[O-]. The van der Waals surface area contributed by atoms with Crippen LogP contribution in [0.15, 0.2) is 36.9 Å². The Morgan fingerprint density at radius 3 is 3.00 bits per heavy atom. The number of nitrogens with zero attached hydrogens (tertiary/aromatic N) is 4. The van der Waals surface area contributed by atoms with Crippen molar-refractivity contribution in [3.05, 3.63) is 52.6 Å². The number of nitrogens with one attached hydrogen (secondary N) is 1. The second-order valence-electron chi connectivity index (χ2n) is 3.80. The number of para-hydroxylation sites is 1. The zero-order valence-corrected chi connectivity index (χ0v) is 9.98. The van der Waals surface area contributed by atoms with Crippen molar-refractivity contribution in [1.29, 1.82) is 5.26 Å². The average Bonchev–Trinajstić information content (AvgIpc) is 2.91. The maximum atomic E-state index is 11.0. The monoisotopic (exact) mass is 257 g/mol. The van der Waals surface area contributed by atoms with Gasteiger partial charge in [-0.3, -0.25) is 10.1 Å². The molecule has 0 saturated carbocycles. The van der Waals surface area contributed by atoms with E-state index in [0.717, 1.165) is 0 Å². The summed E-state index contributed by atoms with van der Waals surface area (Å²) in [4.78, 5) is 14.4. The number of rotatable bonds is 5. The Morgan fingerprint density at radius 2 is 2.37 bits per heavy atom. The summed E-state index contributed by atoms with van der Waals surface area (Å²) in [6.45, 7) is 1.14. The molecule has 19 heavy (non-hydrogen) atoms. The lowest BCUT2D eigenvalue weighted by Crippen LogP contribution is -2.10. The molecule has 0 bridgehead atoms. The standard InChI is InChI=1S/C12H11N5O2/c13-8-10-2-1-3-11(12(10)17(18)19)15-5-7-16-6-4-14-9-16/h1-4,6,9,15H,5,7H2. The molecule has 7 nitrogen and oxygen atoms in total. The lowest BCUT2D eigenvalue weighted by atomic mass is 10.1. The van der Waals surface area contributed by atoms with Crippen molar-refractivity contribution in [3.63, 3.8) is 0 Å². The van der Waals surface area contributed by atoms with Crippen LogP contribution in [0.3, 0.4) is 0 Å². The van der Waals surface area contributed by atoms with Crippen LogP contribution >= 0.6 is 0 Å². The predicted octanol–water partition coefficient (Wildman–Crippen LogP) is 1.78. The molecule has 2 rings (SSSR count). The highest BCUT2D eigenvalue weighted by Crippen LogP contribution is 2.27. The molecule has 1 aromatic carbocycles. The molecular weight excluding hydrogens is 246 g/mol. The average molecular weight is 257 g/mol. The highest BCUT2D eigenvalue weighted by atomic mass is 16.6. The molecule has 1 aromatic heterocycles. The van der Waals surface area contributed by atoms with Gasteiger partial charge in [0.15, 0.2) is 0 Å². The summed E-state index contributed by atoms with van der Waals surface area (Å²) in [5, 5.41) is 22.8. The van der Waals surface area contributed by atoms with Crippen LogP contribution in [-0.4, -0.2) is 21.0 Å². The van der Waals surface area contributed by atoms with E-state index in [-0.39, 0.29) is 11.3 Å². The molecule has 0 amide bonds. The van der Waals surface area contributed by atoms with Crippen LogP contribution in [0, 0.1) is 21.4 Å². The molecule has 1 N–H and O–H groups in total. The second-order valence-corrected chi connectivity index (χ2v) is 3.80. The Kier molecular flexibility index (Phi) is 3.73. The second kappa shape index (κ2) is 5.64. The molecule has 0 spiro atoms. The molecule has 0 saturated heterocycles. The fourth-order valence-corrected chi connectivity index (χ4v) is 1.71. The molecule has 0 aliphatic rings. The molecule has 7 heteroatoms. The Bertz CT molecular complexity index is 616. The van der Waals surface area contributed by atoms with Gasteiger partial charge in [0.25, 0.3) is 0 Å². The minimum Gasteiger partial charge on any atom is -0.378 e. The van der Waals surface area contributed by atoms with Gasteiger partial charge in [-0.15, -0.1) is 0 Å². The fraction of sp³-hybridized carbons (Fsp3) is 0.167. The quantitative estimate of drug-likeness (QED) is 0.650. The summed E-state index contributed by atoms with van der Waals surface area (Å²) >= 11 is 0. The molecule has 0 aliphatic carbocycles. The molecule has 2 aromatic rings. The van der Waals surface area contributed by atoms with Gasteiger partial charge in [-0.1, -0.05) is 6.07 Å². The molecular formula is C12H11N5O2. The Morgan fingerprint density at radius 1 is 1.53 bits per heavy atom. The van der Waals surface area contributed by atoms with Crippen LogP contribution in [-0.2, 0) is 6.54 Å². The van der Waals surface area contributed by atoms with Gasteiger partial charge in [0, 0.05) is 25.5 Å². The van der Waals surface area contributed by atoms with Gasteiger partial charge in [-0.05, 0) is 12.1 Å². The van der Waals surface area contributed by atoms with Crippen LogP contribution < -0.4 is 5.32 Å². The summed E-state index contributed by atoms with van der Waals surface area (Å²) in [7, 11) is 0. The third kappa shape index (κ3) is 2.87. The van der Waals surface area contributed by atoms with Crippen LogP contribution in [0.25, 0.3) is 0 Å². The van der Waals surface area contributed by atoms with Crippen molar-refractivity contribution >= 4 is 11.4 Å². The van der Waals surface area contributed by atoms with Crippen LogP contribution in [0.2, 0.25) is 0 Å². The number of nitriles is 1. The number of benzene rings is 1. The predicted molar refractivity (Wildman–Crippen MR) is 68.5 cm³/mol. The lowest BCUT2D eigenvalue weighted by molar-refractivity contribution is -0.384.